The molecule has 0 saturated carbocycles. The van der Waals surface area contributed by atoms with Crippen LogP contribution in [0.2, 0.25) is 0 Å². The highest BCUT2D eigenvalue weighted by molar-refractivity contribution is 6.30. The van der Waals surface area contributed by atoms with Gasteiger partial charge in [0.2, 0.25) is 11.9 Å². The number of nitrogens with one attached hydrogen (secondary N) is 2. The molecule has 1 aliphatic heterocycles. The predicted octanol–water partition coefficient (Wildman–Crippen LogP) is 5.14. The molecule has 11 heteroatoms. The molecule has 3 rings (SSSR count). The molecule has 2 heterocycles. The Morgan fingerprint density at radius 3 is 2.61 bits per heavy atom. The monoisotopic (exact) mass is 551 g/mol. The van der Waals surface area contributed by atoms with Gasteiger partial charge in [0, 0.05) is 63.9 Å². The van der Waals surface area contributed by atoms with E-state index in [1.54, 1.807) is 11.9 Å². The van der Waals surface area contributed by atoms with Gasteiger partial charge in [0.15, 0.2) is 0 Å². The van der Waals surface area contributed by atoms with Gasteiger partial charge < -0.3 is 25.3 Å². The zero-order valence-corrected chi connectivity index (χ0v) is 23.6. The number of nitrogens with zero attached hydrogens (tertiary/aromatic N) is 5. The molecule has 8 nitrogen and oxygen atoms in total. The van der Waals surface area contributed by atoms with Crippen molar-refractivity contribution >= 4 is 40.6 Å². The molecule has 1 aromatic carbocycles. The van der Waals surface area contributed by atoms with E-state index in [4.69, 9.17) is 11.6 Å². The first-order chi connectivity index (χ1) is 18.2. The number of aryl methyl sites for hydroxylation is 1. The first-order valence-corrected chi connectivity index (χ1v) is 13.8. The molecule has 1 amide bonds. The summed E-state index contributed by atoms with van der Waals surface area (Å²) in [6.07, 6.45) is 1.26. The zero-order chi connectivity index (χ0) is 27.7. The number of amides is 1. The third-order valence-corrected chi connectivity index (χ3v) is 7.19. The van der Waals surface area contributed by atoms with Crippen LogP contribution < -0.4 is 15.5 Å². The van der Waals surface area contributed by atoms with Crippen LogP contribution in [0.15, 0.2) is 24.4 Å². The number of anilines is 4. The maximum Gasteiger partial charge on any atom is 0.268 e. The Balaban J connectivity index is 1.65. The average Bonchev–Trinajstić information content (AvgIpc) is 2.91. The van der Waals surface area contributed by atoms with E-state index >= 15 is 0 Å². The lowest BCUT2D eigenvalue weighted by Gasteiger charge is -2.34. The van der Waals surface area contributed by atoms with Crippen LogP contribution in [0.25, 0.3) is 0 Å². The van der Waals surface area contributed by atoms with Crippen molar-refractivity contribution in [1.82, 2.24) is 19.8 Å². The Morgan fingerprint density at radius 2 is 1.95 bits per heavy atom. The minimum Gasteiger partial charge on any atom is -0.369 e. The van der Waals surface area contributed by atoms with Crippen molar-refractivity contribution in [3.05, 3.63) is 35.5 Å². The summed E-state index contributed by atoms with van der Waals surface area (Å²) < 4.78 is 27.3. The van der Waals surface area contributed by atoms with Crippen LogP contribution in [0.5, 0.6) is 0 Å². The van der Waals surface area contributed by atoms with Gasteiger partial charge in [0.1, 0.15) is 11.2 Å². The molecule has 1 aromatic heterocycles. The van der Waals surface area contributed by atoms with Crippen LogP contribution in [0, 0.1) is 0 Å². The smallest absolute Gasteiger partial charge is 0.268 e. The summed E-state index contributed by atoms with van der Waals surface area (Å²) in [4.78, 5) is 27.0. The highest BCUT2D eigenvalue weighted by Crippen LogP contribution is 2.29. The molecular weight excluding hydrogens is 512 g/mol. The van der Waals surface area contributed by atoms with Gasteiger partial charge in [-0.15, -0.1) is 11.6 Å². The van der Waals surface area contributed by atoms with Gasteiger partial charge >= 0.3 is 0 Å². The van der Waals surface area contributed by atoms with Gasteiger partial charge in [-0.3, -0.25) is 4.79 Å². The number of benzene rings is 1. The van der Waals surface area contributed by atoms with Crippen molar-refractivity contribution in [2.24, 2.45) is 0 Å². The summed E-state index contributed by atoms with van der Waals surface area (Å²) in [5.74, 6) is 0.205. The molecule has 0 radical (unpaired) electrons. The van der Waals surface area contributed by atoms with Crippen LogP contribution in [-0.4, -0.2) is 84.4 Å². The molecular formula is C27H40ClF2N7O. The summed E-state index contributed by atoms with van der Waals surface area (Å²) in [7, 11) is 3.83. The molecule has 210 valence electrons. The van der Waals surface area contributed by atoms with E-state index in [0.717, 1.165) is 56.5 Å². The molecule has 38 heavy (non-hydrogen) atoms. The average molecular weight is 552 g/mol. The van der Waals surface area contributed by atoms with Crippen molar-refractivity contribution in [3.8, 4) is 0 Å². The number of aromatic nitrogens is 2. The number of likely N-dealkylation sites (N-methyl/N-ethyl adjacent to an activating group) is 1. The quantitative estimate of drug-likeness (QED) is 0.264. The first kappa shape index (κ1) is 29.8. The number of hydrogen-bond donors (Lipinski definition) is 2. The van der Waals surface area contributed by atoms with Crippen molar-refractivity contribution in [3.63, 3.8) is 0 Å². The molecule has 2 N–H and O–H groups in total. The van der Waals surface area contributed by atoms with E-state index in [1.807, 2.05) is 13.0 Å². The van der Waals surface area contributed by atoms with Gasteiger partial charge in [-0.1, -0.05) is 20.3 Å². The highest BCUT2D eigenvalue weighted by Gasteiger charge is 2.20. The topological polar surface area (TPSA) is 76.6 Å². The molecule has 1 aliphatic rings. The maximum absolute atomic E-state index is 13.6. The number of carbonyl (C=O) groups is 1. The number of hydrogen-bond acceptors (Lipinski definition) is 7. The summed E-state index contributed by atoms with van der Waals surface area (Å²) >= 11 is 6.13. The van der Waals surface area contributed by atoms with Crippen molar-refractivity contribution in [1.29, 1.82) is 0 Å². The minimum absolute atomic E-state index is 0.0831. The summed E-state index contributed by atoms with van der Waals surface area (Å²) in [5.41, 5.74) is 2.87. The molecule has 1 saturated heterocycles. The number of rotatable bonds is 13. The van der Waals surface area contributed by atoms with Gasteiger partial charge in [0.25, 0.3) is 6.43 Å². The Morgan fingerprint density at radius 1 is 1.21 bits per heavy atom. The molecule has 0 aliphatic carbocycles. The Kier molecular flexibility index (Phi) is 11.3. The zero-order valence-electron chi connectivity index (χ0n) is 22.8. The third kappa shape index (κ3) is 8.14. The van der Waals surface area contributed by atoms with E-state index in [0.29, 0.717) is 25.9 Å². The normalized spacial score (nSPS) is 15.0. The molecule has 0 bridgehead atoms. The Bertz CT molecular complexity index is 1050. The van der Waals surface area contributed by atoms with E-state index in [2.05, 4.69) is 56.5 Å². The first-order valence-electron chi connectivity index (χ1n) is 13.3. The van der Waals surface area contributed by atoms with Crippen LogP contribution in [0.4, 0.5) is 31.9 Å². The summed E-state index contributed by atoms with van der Waals surface area (Å²) in [6.45, 7) is 8.90. The standard InChI is InChI=1S/C27H40ClF2N7O/c1-5-8-22(28)26(38)36(4)12-7-11-31-25-21(24(29)30)18-32-27(34-25)33-23-10-9-20(17-19(23)6-2)37-15-13-35(3)14-16-37/h9-10,17-18,22,24H,5-8,11-16H2,1-4H3,(H2,31,32,33,34). The second-order valence-electron chi connectivity index (χ2n) is 9.70. The number of piperazine rings is 1. The molecule has 1 fully saturated rings. The van der Waals surface area contributed by atoms with Crippen molar-refractivity contribution in [2.75, 3.05) is 68.9 Å². The lowest BCUT2D eigenvalue weighted by atomic mass is 10.1. The lowest BCUT2D eigenvalue weighted by Crippen LogP contribution is -2.44. The van der Waals surface area contributed by atoms with Gasteiger partial charge in [0.05, 0.1) is 5.56 Å². The molecule has 1 unspecified atom stereocenters. The van der Waals surface area contributed by atoms with Crippen LogP contribution >= 0.6 is 11.6 Å². The fourth-order valence-electron chi connectivity index (χ4n) is 4.38. The number of alkyl halides is 3. The largest absolute Gasteiger partial charge is 0.369 e. The molecule has 2 aromatic rings. The SMILES string of the molecule is CCCC(Cl)C(=O)N(C)CCCNc1nc(Nc2ccc(N3CCN(C)CC3)cc2CC)ncc1C(F)F. The van der Waals surface area contributed by atoms with Crippen LogP contribution in [0.3, 0.4) is 0 Å². The lowest BCUT2D eigenvalue weighted by molar-refractivity contribution is -0.129. The van der Waals surface area contributed by atoms with Crippen molar-refractivity contribution < 1.29 is 13.6 Å². The summed E-state index contributed by atoms with van der Waals surface area (Å²) in [6, 6.07) is 6.24. The van der Waals surface area contributed by atoms with E-state index in [-0.39, 0.29) is 23.2 Å². The Labute approximate surface area is 229 Å². The van der Waals surface area contributed by atoms with Crippen LogP contribution in [-0.2, 0) is 11.2 Å². The fraction of sp³-hybridized carbons (Fsp3) is 0.593. The number of carbonyl (C=O) groups excluding carboxylic acids is 1. The highest BCUT2D eigenvalue weighted by atomic mass is 35.5. The number of halogens is 3. The third-order valence-electron chi connectivity index (χ3n) is 6.79. The summed E-state index contributed by atoms with van der Waals surface area (Å²) in [5, 5.41) is 5.68. The van der Waals surface area contributed by atoms with Crippen molar-refractivity contribution in [2.45, 2.75) is 51.3 Å². The second kappa shape index (κ2) is 14.4. The Hall–Kier alpha value is -2.72. The predicted molar refractivity (Wildman–Crippen MR) is 151 cm³/mol. The van der Waals surface area contributed by atoms with Crippen LogP contribution in [0.1, 0.15) is 50.7 Å². The second-order valence-corrected chi connectivity index (χ2v) is 10.2. The van der Waals surface area contributed by atoms with E-state index in [9.17, 15) is 13.6 Å². The van der Waals surface area contributed by atoms with Gasteiger partial charge in [-0.05, 0) is 50.1 Å². The molecule has 0 spiro atoms. The van der Waals surface area contributed by atoms with E-state index in [1.165, 1.54) is 5.69 Å². The van der Waals surface area contributed by atoms with E-state index < -0.39 is 11.8 Å². The maximum atomic E-state index is 13.6. The minimum atomic E-state index is -2.71. The fourth-order valence-corrected chi connectivity index (χ4v) is 4.76. The van der Waals surface area contributed by atoms with Gasteiger partial charge in [-0.25, -0.2) is 13.8 Å². The van der Waals surface area contributed by atoms with Gasteiger partial charge in [-0.2, -0.15) is 4.98 Å². The molecule has 1 atom stereocenters.